The fourth-order valence-electron chi connectivity index (χ4n) is 2.95. The number of carboxylic acid groups (broad SMARTS) is 2. The van der Waals surface area contributed by atoms with Crippen molar-refractivity contribution in [1.29, 1.82) is 0 Å². The summed E-state index contributed by atoms with van der Waals surface area (Å²) in [5, 5.41) is 24.4. The average molecular weight is 375 g/mol. The van der Waals surface area contributed by atoms with Crippen molar-refractivity contribution in [2.24, 2.45) is 5.92 Å². The molecule has 1 aromatic heterocycles. The third-order valence-electron chi connectivity index (χ3n) is 4.24. The number of H-pyrrole nitrogens is 1. The van der Waals surface area contributed by atoms with Crippen LogP contribution in [0.3, 0.4) is 0 Å². The molecule has 27 heavy (non-hydrogen) atoms. The first-order valence-corrected chi connectivity index (χ1v) is 8.81. The van der Waals surface area contributed by atoms with Crippen molar-refractivity contribution in [3.05, 3.63) is 36.0 Å². The number of aromatic nitrogens is 1. The van der Waals surface area contributed by atoms with Gasteiger partial charge in [-0.2, -0.15) is 0 Å². The Bertz CT molecular complexity index is 815. The Morgan fingerprint density at radius 1 is 1.11 bits per heavy atom. The summed E-state index contributed by atoms with van der Waals surface area (Å²) in [5.41, 5.74) is 1.76. The summed E-state index contributed by atoms with van der Waals surface area (Å²) in [4.78, 5) is 38.1. The van der Waals surface area contributed by atoms with E-state index in [0.717, 1.165) is 16.5 Å². The van der Waals surface area contributed by atoms with Crippen molar-refractivity contribution in [3.8, 4) is 0 Å². The molecule has 0 unspecified atom stereocenters. The van der Waals surface area contributed by atoms with Gasteiger partial charge in [0.05, 0.1) is 12.6 Å². The zero-order chi connectivity index (χ0) is 20.0. The van der Waals surface area contributed by atoms with Gasteiger partial charge in [0, 0.05) is 17.1 Å². The number of hydrogen-bond acceptors (Lipinski definition) is 4. The van der Waals surface area contributed by atoms with E-state index in [9.17, 15) is 19.5 Å². The van der Waals surface area contributed by atoms with Crippen molar-refractivity contribution in [2.75, 3.05) is 6.54 Å². The van der Waals surface area contributed by atoms with Crippen molar-refractivity contribution < 1.29 is 24.6 Å². The molecule has 146 valence electrons. The van der Waals surface area contributed by atoms with E-state index in [1.54, 1.807) is 6.20 Å². The highest BCUT2D eigenvalue weighted by molar-refractivity contribution is 5.89. The van der Waals surface area contributed by atoms with Crippen LogP contribution in [0.5, 0.6) is 0 Å². The maximum Gasteiger partial charge on any atom is 0.326 e. The van der Waals surface area contributed by atoms with E-state index < -0.39 is 36.5 Å². The molecule has 0 aliphatic heterocycles. The van der Waals surface area contributed by atoms with Crippen molar-refractivity contribution >= 4 is 28.7 Å². The summed E-state index contributed by atoms with van der Waals surface area (Å²) in [7, 11) is 0. The van der Waals surface area contributed by atoms with E-state index >= 15 is 0 Å². The van der Waals surface area contributed by atoms with E-state index in [4.69, 9.17) is 5.11 Å². The molecule has 0 saturated heterocycles. The number of carbonyl (C=O) groups excluding carboxylic acids is 1. The second kappa shape index (κ2) is 9.18. The lowest BCUT2D eigenvalue weighted by molar-refractivity contribution is -0.143. The van der Waals surface area contributed by atoms with Crippen LogP contribution in [0, 0.1) is 5.92 Å². The van der Waals surface area contributed by atoms with E-state index in [1.807, 2.05) is 38.1 Å². The largest absolute Gasteiger partial charge is 0.480 e. The van der Waals surface area contributed by atoms with Gasteiger partial charge in [0.25, 0.3) is 0 Å². The third kappa shape index (κ3) is 5.82. The molecule has 0 radical (unpaired) electrons. The van der Waals surface area contributed by atoms with Gasteiger partial charge in [-0.05, 0) is 30.4 Å². The van der Waals surface area contributed by atoms with Gasteiger partial charge in [-0.1, -0.05) is 32.0 Å². The van der Waals surface area contributed by atoms with Crippen LogP contribution in [0.1, 0.15) is 25.8 Å². The molecule has 0 aliphatic rings. The zero-order valence-corrected chi connectivity index (χ0v) is 15.4. The van der Waals surface area contributed by atoms with Crippen LogP contribution in [0.25, 0.3) is 10.9 Å². The summed E-state index contributed by atoms with van der Waals surface area (Å²) in [6, 6.07) is 5.69. The molecular formula is C19H25N3O5. The van der Waals surface area contributed by atoms with E-state index in [-0.39, 0.29) is 12.3 Å². The quantitative estimate of drug-likeness (QED) is 0.426. The average Bonchev–Trinajstić information content (AvgIpc) is 3.00. The molecule has 1 aromatic carbocycles. The van der Waals surface area contributed by atoms with Gasteiger partial charge < -0.3 is 20.5 Å². The molecule has 1 heterocycles. The van der Waals surface area contributed by atoms with Crippen LogP contribution in [0.2, 0.25) is 0 Å². The number of hydrogen-bond donors (Lipinski definition) is 5. The molecule has 8 nitrogen and oxygen atoms in total. The summed E-state index contributed by atoms with van der Waals surface area (Å²) in [6.07, 6.45) is 2.30. The van der Waals surface area contributed by atoms with Gasteiger partial charge in [-0.25, -0.2) is 4.79 Å². The maximum absolute atomic E-state index is 12.7. The van der Waals surface area contributed by atoms with Gasteiger partial charge in [0.2, 0.25) is 5.91 Å². The Kier molecular flexibility index (Phi) is 6.95. The topological polar surface area (TPSA) is 132 Å². The first-order valence-electron chi connectivity index (χ1n) is 8.81. The number of aromatic amines is 1. The number of benzene rings is 1. The minimum Gasteiger partial charge on any atom is -0.480 e. The lowest BCUT2D eigenvalue weighted by atomic mass is 10.0. The van der Waals surface area contributed by atoms with Gasteiger partial charge in [-0.3, -0.25) is 14.9 Å². The third-order valence-corrected chi connectivity index (χ3v) is 4.24. The summed E-state index contributed by atoms with van der Waals surface area (Å²) < 4.78 is 0. The number of carboxylic acids is 2. The molecule has 0 fully saturated rings. The van der Waals surface area contributed by atoms with Gasteiger partial charge >= 0.3 is 11.9 Å². The predicted molar refractivity (Wildman–Crippen MR) is 100 cm³/mol. The van der Waals surface area contributed by atoms with Crippen molar-refractivity contribution in [2.45, 2.75) is 38.8 Å². The molecule has 5 N–H and O–H groups in total. The molecule has 0 spiro atoms. The molecule has 0 bridgehead atoms. The highest BCUT2D eigenvalue weighted by Gasteiger charge is 2.27. The highest BCUT2D eigenvalue weighted by atomic mass is 16.4. The number of fused-ring (bicyclic) bond motifs is 1. The molecule has 2 aromatic rings. The number of carbonyl (C=O) groups is 3. The fraction of sp³-hybridized carbons (Fsp3) is 0.421. The normalized spacial score (nSPS) is 13.4. The lowest BCUT2D eigenvalue weighted by Crippen LogP contribution is -2.52. The number of aliphatic carboxylic acids is 2. The maximum atomic E-state index is 12.7. The van der Waals surface area contributed by atoms with Gasteiger partial charge in [0.1, 0.15) is 6.04 Å². The molecule has 1 amide bonds. The first-order chi connectivity index (χ1) is 12.8. The van der Waals surface area contributed by atoms with E-state index in [2.05, 4.69) is 15.6 Å². The van der Waals surface area contributed by atoms with Crippen LogP contribution < -0.4 is 10.6 Å². The number of nitrogens with one attached hydrogen (secondary N) is 3. The minimum absolute atomic E-state index is 0.0884. The summed E-state index contributed by atoms with van der Waals surface area (Å²) in [6.45, 7) is 3.34. The molecular weight excluding hydrogens is 350 g/mol. The Morgan fingerprint density at radius 2 is 1.81 bits per heavy atom. The van der Waals surface area contributed by atoms with Crippen LogP contribution in [-0.2, 0) is 20.8 Å². The van der Waals surface area contributed by atoms with Crippen LogP contribution >= 0.6 is 0 Å². The number of para-hydroxylation sites is 1. The smallest absolute Gasteiger partial charge is 0.326 e. The predicted octanol–water partition coefficient (Wildman–Crippen LogP) is 1.37. The van der Waals surface area contributed by atoms with Crippen LogP contribution in [-0.4, -0.2) is 51.7 Å². The lowest BCUT2D eigenvalue weighted by Gasteiger charge is -2.22. The van der Waals surface area contributed by atoms with E-state index in [1.165, 1.54) is 0 Å². The molecule has 0 aliphatic carbocycles. The van der Waals surface area contributed by atoms with Crippen molar-refractivity contribution in [3.63, 3.8) is 0 Å². The molecule has 2 atom stereocenters. The monoisotopic (exact) mass is 375 g/mol. The van der Waals surface area contributed by atoms with Crippen LogP contribution in [0.15, 0.2) is 30.5 Å². The molecule has 2 rings (SSSR count). The summed E-state index contributed by atoms with van der Waals surface area (Å²) in [5.74, 6) is -2.65. The number of rotatable bonds is 10. The minimum atomic E-state index is -1.11. The highest BCUT2D eigenvalue weighted by Crippen LogP contribution is 2.19. The second-order valence-electron chi connectivity index (χ2n) is 6.92. The standard InChI is InChI=1S/C19H25N3O5/c1-11(2)7-16(19(26)27)22-18(25)15(21-10-17(23)24)8-12-9-20-14-6-4-3-5-13(12)14/h3-6,9,11,15-16,20-21H,7-8,10H2,1-2H3,(H,22,25)(H,23,24)(H,26,27)/t15-,16-/m0/s1. The SMILES string of the molecule is CC(C)C[C@H](NC(=O)[C@H](Cc1c[nH]c2ccccc12)NCC(=O)O)C(=O)O. The molecule has 8 heteroatoms. The Hall–Kier alpha value is -2.87. The van der Waals surface area contributed by atoms with Gasteiger partial charge in [-0.15, -0.1) is 0 Å². The zero-order valence-electron chi connectivity index (χ0n) is 15.4. The van der Waals surface area contributed by atoms with Crippen LogP contribution in [0.4, 0.5) is 0 Å². The first kappa shape index (κ1) is 20.4. The second-order valence-corrected chi connectivity index (χ2v) is 6.92. The Balaban J connectivity index is 2.18. The summed E-state index contributed by atoms with van der Waals surface area (Å²) >= 11 is 0. The van der Waals surface area contributed by atoms with E-state index in [0.29, 0.717) is 6.42 Å². The Labute approximate surface area is 157 Å². The fourth-order valence-corrected chi connectivity index (χ4v) is 2.95. The molecule has 0 saturated carbocycles. The van der Waals surface area contributed by atoms with Gasteiger partial charge in [0.15, 0.2) is 0 Å². The Morgan fingerprint density at radius 3 is 2.44 bits per heavy atom. The van der Waals surface area contributed by atoms with Crippen molar-refractivity contribution in [1.82, 2.24) is 15.6 Å². The number of amides is 1.